The highest BCUT2D eigenvalue weighted by molar-refractivity contribution is 9.11. The third-order valence-electron chi connectivity index (χ3n) is 2.92. The van der Waals surface area contributed by atoms with E-state index in [1.54, 1.807) is 26.0 Å². The third kappa shape index (κ3) is 5.64. The van der Waals surface area contributed by atoms with Crippen molar-refractivity contribution in [1.29, 1.82) is 0 Å². The molecule has 1 atom stereocenters. The molecule has 0 spiro atoms. The van der Waals surface area contributed by atoms with Crippen molar-refractivity contribution in [3.8, 4) is 0 Å². The van der Waals surface area contributed by atoms with Gasteiger partial charge in [-0.05, 0) is 48.0 Å². The molecule has 2 N–H and O–H groups in total. The summed E-state index contributed by atoms with van der Waals surface area (Å²) in [6.07, 6.45) is 0. The number of hydrogen-bond donors (Lipinski definition) is 2. The molecular weight excluding hydrogens is 462 g/mol. The molecule has 6 nitrogen and oxygen atoms in total. The average Bonchev–Trinajstić information content (AvgIpc) is 2.92. The first-order valence-electron chi connectivity index (χ1n) is 6.96. The second-order valence-electron chi connectivity index (χ2n) is 4.94. The predicted molar refractivity (Wildman–Crippen MR) is 102 cm³/mol. The second-order valence-corrected chi connectivity index (χ2v) is 8.04. The Labute approximate surface area is 160 Å². The number of benzene rings is 1. The Kier molecular flexibility index (Phi) is 6.88. The lowest BCUT2D eigenvalue weighted by Gasteiger charge is -2.11. The average molecular weight is 477 g/mol. The van der Waals surface area contributed by atoms with Crippen molar-refractivity contribution >= 4 is 66.9 Å². The van der Waals surface area contributed by atoms with Gasteiger partial charge >= 0.3 is 0 Å². The van der Waals surface area contributed by atoms with E-state index in [1.165, 1.54) is 11.8 Å². The van der Waals surface area contributed by atoms with E-state index in [4.69, 9.17) is 4.52 Å². The Hall–Kier alpha value is -1.32. The lowest BCUT2D eigenvalue weighted by molar-refractivity contribution is -0.115. The van der Waals surface area contributed by atoms with Crippen molar-refractivity contribution in [1.82, 2.24) is 5.16 Å². The topological polar surface area (TPSA) is 84.2 Å². The lowest BCUT2D eigenvalue weighted by atomic mass is 10.3. The Bertz CT molecular complexity index is 751. The van der Waals surface area contributed by atoms with Gasteiger partial charge in [-0.2, -0.15) is 0 Å². The van der Waals surface area contributed by atoms with Crippen LogP contribution >= 0.6 is 43.6 Å². The molecule has 128 valence electrons. The van der Waals surface area contributed by atoms with Crippen LogP contribution in [0.15, 0.2) is 37.7 Å². The van der Waals surface area contributed by atoms with E-state index in [2.05, 4.69) is 47.7 Å². The highest BCUT2D eigenvalue weighted by Crippen LogP contribution is 2.26. The van der Waals surface area contributed by atoms with Gasteiger partial charge in [-0.25, -0.2) is 0 Å². The van der Waals surface area contributed by atoms with Crippen molar-refractivity contribution in [3.63, 3.8) is 0 Å². The highest BCUT2D eigenvalue weighted by Gasteiger charge is 2.17. The monoisotopic (exact) mass is 475 g/mol. The van der Waals surface area contributed by atoms with E-state index in [0.717, 1.165) is 8.95 Å². The number of aryl methyl sites for hydroxylation is 1. The first-order valence-corrected chi connectivity index (χ1v) is 9.59. The van der Waals surface area contributed by atoms with Gasteiger partial charge in [-0.1, -0.05) is 21.1 Å². The van der Waals surface area contributed by atoms with Gasteiger partial charge in [-0.3, -0.25) is 9.59 Å². The van der Waals surface area contributed by atoms with Gasteiger partial charge in [0, 0.05) is 15.0 Å². The number of halogens is 2. The van der Waals surface area contributed by atoms with Crippen molar-refractivity contribution in [3.05, 3.63) is 39.0 Å². The fourth-order valence-electron chi connectivity index (χ4n) is 1.71. The Morgan fingerprint density at radius 2 is 2.04 bits per heavy atom. The third-order valence-corrected chi connectivity index (χ3v) is 5.21. The number of carbonyl (C=O) groups excluding carboxylic acids is 2. The number of thioether (sulfide) groups is 1. The molecule has 24 heavy (non-hydrogen) atoms. The molecule has 0 unspecified atom stereocenters. The molecule has 0 aliphatic carbocycles. The molecule has 2 rings (SSSR count). The van der Waals surface area contributed by atoms with E-state index >= 15 is 0 Å². The minimum Gasteiger partial charge on any atom is -0.360 e. The first-order chi connectivity index (χ1) is 11.3. The standard InChI is InChI=1S/C15H15Br2N3O3S/c1-8-5-13(20-23-8)19-15(22)9(2)24-7-14(21)18-12-4-3-10(16)6-11(12)17/h3-6,9H,7H2,1-2H3,(H,18,21)(H,19,20,22)/t9-/m0/s1. The summed E-state index contributed by atoms with van der Waals surface area (Å²) in [6, 6.07) is 7.11. The summed E-state index contributed by atoms with van der Waals surface area (Å²) in [5.74, 6) is 0.735. The van der Waals surface area contributed by atoms with Crippen molar-refractivity contribution in [2.24, 2.45) is 0 Å². The summed E-state index contributed by atoms with van der Waals surface area (Å²) >= 11 is 7.98. The zero-order valence-electron chi connectivity index (χ0n) is 12.9. The molecule has 0 bridgehead atoms. The predicted octanol–water partition coefficient (Wildman–Crippen LogP) is 4.21. The Balaban J connectivity index is 1.81. The summed E-state index contributed by atoms with van der Waals surface area (Å²) in [5.41, 5.74) is 0.680. The minimum absolute atomic E-state index is 0.162. The lowest BCUT2D eigenvalue weighted by Crippen LogP contribution is -2.25. The van der Waals surface area contributed by atoms with Gasteiger partial charge in [0.15, 0.2) is 5.82 Å². The number of amides is 2. The minimum atomic E-state index is -0.402. The number of nitrogens with one attached hydrogen (secondary N) is 2. The van der Waals surface area contributed by atoms with Crippen LogP contribution < -0.4 is 10.6 Å². The summed E-state index contributed by atoms with van der Waals surface area (Å²) in [5, 5.41) is 8.74. The van der Waals surface area contributed by atoms with Crippen LogP contribution in [0.2, 0.25) is 0 Å². The Morgan fingerprint density at radius 3 is 2.67 bits per heavy atom. The molecule has 0 saturated carbocycles. The molecule has 2 aromatic rings. The van der Waals surface area contributed by atoms with Crippen molar-refractivity contribution < 1.29 is 14.1 Å². The van der Waals surface area contributed by atoms with Crippen LogP contribution in [0.4, 0.5) is 11.5 Å². The zero-order valence-corrected chi connectivity index (χ0v) is 16.9. The maximum absolute atomic E-state index is 12.0. The highest BCUT2D eigenvalue weighted by atomic mass is 79.9. The molecule has 1 aromatic carbocycles. The number of nitrogens with zero attached hydrogens (tertiary/aromatic N) is 1. The summed E-state index contributed by atoms with van der Waals surface area (Å²) in [7, 11) is 0. The molecule has 0 aliphatic heterocycles. The van der Waals surface area contributed by atoms with E-state index < -0.39 is 5.25 Å². The number of aromatic nitrogens is 1. The maximum atomic E-state index is 12.0. The summed E-state index contributed by atoms with van der Waals surface area (Å²) < 4.78 is 6.58. The normalized spacial score (nSPS) is 11.8. The quantitative estimate of drug-likeness (QED) is 0.652. The van der Waals surface area contributed by atoms with Gasteiger partial charge in [0.05, 0.1) is 16.7 Å². The van der Waals surface area contributed by atoms with Crippen LogP contribution in [0.3, 0.4) is 0 Å². The molecule has 1 aromatic heterocycles. The molecule has 2 amide bonds. The SMILES string of the molecule is Cc1cc(NC(=O)[C@H](C)SCC(=O)Nc2ccc(Br)cc2Br)no1. The van der Waals surface area contributed by atoms with E-state index in [1.807, 2.05) is 12.1 Å². The van der Waals surface area contributed by atoms with Gasteiger partial charge in [0.25, 0.3) is 0 Å². The number of hydrogen-bond acceptors (Lipinski definition) is 5. The maximum Gasteiger partial charge on any atom is 0.238 e. The Morgan fingerprint density at radius 1 is 1.29 bits per heavy atom. The van der Waals surface area contributed by atoms with Crippen LogP contribution in [0.25, 0.3) is 0 Å². The van der Waals surface area contributed by atoms with Gasteiger partial charge in [-0.15, -0.1) is 11.8 Å². The first kappa shape index (κ1) is 19.0. The van der Waals surface area contributed by atoms with Gasteiger partial charge in [0.2, 0.25) is 11.8 Å². The molecule has 0 radical (unpaired) electrons. The smallest absolute Gasteiger partial charge is 0.238 e. The zero-order chi connectivity index (χ0) is 17.7. The molecular formula is C15H15Br2N3O3S. The van der Waals surface area contributed by atoms with Gasteiger partial charge in [0.1, 0.15) is 5.76 Å². The molecule has 1 heterocycles. The molecule has 0 fully saturated rings. The van der Waals surface area contributed by atoms with Crippen LogP contribution in [-0.2, 0) is 9.59 Å². The summed E-state index contributed by atoms with van der Waals surface area (Å²) in [6.45, 7) is 3.47. The van der Waals surface area contributed by atoms with E-state index in [9.17, 15) is 9.59 Å². The van der Waals surface area contributed by atoms with Gasteiger partial charge < -0.3 is 15.2 Å². The second kappa shape index (κ2) is 8.68. The van der Waals surface area contributed by atoms with Crippen molar-refractivity contribution in [2.75, 3.05) is 16.4 Å². The number of carbonyl (C=O) groups is 2. The fraction of sp³-hybridized carbons (Fsp3) is 0.267. The number of rotatable bonds is 6. The van der Waals surface area contributed by atoms with Crippen LogP contribution in [-0.4, -0.2) is 28.0 Å². The largest absolute Gasteiger partial charge is 0.360 e. The van der Waals surface area contributed by atoms with E-state index in [0.29, 0.717) is 17.3 Å². The van der Waals surface area contributed by atoms with Crippen LogP contribution in [0.1, 0.15) is 12.7 Å². The van der Waals surface area contributed by atoms with Crippen LogP contribution in [0.5, 0.6) is 0 Å². The fourth-order valence-corrected chi connectivity index (χ4v) is 3.54. The van der Waals surface area contributed by atoms with Crippen molar-refractivity contribution in [2.45, 2.75) is 19.1 Å². The summed E-state index contributed by atoms with van der Waals surface area (Å²) in [4.78, 5) is 24.0. The molecule has 9 heteroatoms. The number of anilines is 2. The van der Waals surface area contributed by atoms with E-state index in [-0.39, 0.29) is 17.6 Å². The molecule has 0 saturated heterocycles. The van der Waals surface area contributed by atoms with Crippen LogP contribution in [0, 0.1) is 6.92 Å². The molecule has 0 aliphatic rings.